The molecule has 30 heavy (non-hydrogen) atoms. The lowest BCUT2D eigenvalue weighted by Crippen LogP contribution is -2.28. The molecule has 1 fully saturated rings. The van der Waals surface area contributed by atoms with E-state index in [1.54, 1.807) is 14.2 Å². The van der Waals surface area contributed by atoms with Gasteiger partial charge in [0.05, 0.1) is 6.20 Å². The summed E-state index contributed by atoms with van der Waals surface area (Å²) in [5.41, 5.74) is 2.44. The highest BCUT2D eigenvalue weighted by molar-refractivity contribution is 5.89. The number of rotatable bonds is 4. The van der Waals surface area contributed by atoms with Crippen LogP contribution in [0.4, 0.5) is 14.9 Å². The van der Waals surface area contributed by atoms with Crippen molar-refractivity contribution in [2.45, 2.75) is 32.7 Å². The Hall–Kier alpha value is -3.00. The molecule has 7 nitrogen and oxygen atoms in total. The second-order valence-electron chi connectivity index (χ2n) is 6.80. The van der Waals surface area contributed by atoms with Crippen molar-refractivity contribution in [3.63, 3.8) is 0 Å². The Balaban J connectivity index is 0. The molecule has 0 spiro atoms. The van der Waals surface area contributed by atoms with Crippen molar-refractivity contribution in [2.24, 2.45) is 0 Å². The SMILES string of the molecule is COC.Cc1ccc(NC(=O)NCc2cncc(F)c2)cc1.O=CN1CCCCC1.[HH].[HH]. The summed E-state index contributed by atoms with van der Waals surface area (Å²) >= 11 is 0. The van der Waals surface area contributed by atoms with Crippen LogP contribution < -0.4 is 10.6 Å². The molecule has 3 rings (SSSR count). The first-order chi connectivity index (χ1) is 14.5. The Kier molecular flexibility index (Phi) is 12.5. The molecule has 1 saturated heterocycles. The van der Waals surface area contributed by atoms with Crippen molar-refractivity contribution < 1.29 is 21.6 Å². The summed E-state index contributed by atoms with van der Waals surface area (Å²) in [6.07, 6.45) is 7.26. The lowest BCUT2D eigenvalue weighted by molar-refractivity contribution is -0.118. The predicted octanol–water partition coefficient (Wildman–Crippen LogP) is 4.23. The smallest absolute Gasteiger partial charge is 0.319 e. The number of urea groups is 1. The summed E-state index contributed by atoms with van der Waals surface area (Å²) in [5.74, 6) is -0.418. The number of pyridine rings is 1. The number of carbonyl (C=O) groups excluding carboxylic acids is 2. The summed E-state index contributed by atoms with van der Waals surface area (Å²) in [4.78, 5) is 27.3. The normalized spacial score (nSPS) is 12.5. The number of piperidine rings is 1. The summed E-state index contributed by atoms with van der Waals surface area (Å²) in [6, 6.07) is 8.45. The minimum atomic E-state index is -0.418. The highest BCUT2D eigenvalue weighted by atomic mass is 19.1. The van der Waals surface area contributed by atoms with Gasteiger partial charge in [0, 0.05) is 48.6 Å². The van der Waals surface area contributed by atoms with Crippen LogP contribution >= 0.6 is 0 Å². The standard InChI is InChI=1S/C14H14FN3O.C6H11NO.C2H6O.2H2/c1-10-2-4-13(5-3-10)18-14(19)17-8-11-6-12(15)9-16-7-11;8-6-7-4-2-1-3-5-7;1-3-2;;/h2-7,9H,8H2,1H3,(H2,17,18,19);6H,1-5H2;1-2H3;2*1H. The number of amides is 3. The molecule has 0 unspecified atom stereocenters. The van der Waals surface area contributed by atoms with E-state index in [4.69, 9.17) is 0 Å². The van der Waals surface area contributed by atoms with E-state index in [1.165, 1.54) is 31.5 Å². The maximum atomic E-state index is 12.9. The molecule has 3 amide bonds. The number of aryl methyl sites for hydroxylation is 1. The van der Waals surface area contributed by atoms with Gasteiger partial charge in [-0.15, -0.1) is 0 Å². The average molecular weight is 423 g/mol. The highest BCUT2D eigenvalue weighted by Crippen LogP contribution is 2.08. The van der Waals surface area contributed by atoms with E-state index in [2.05, 4.69) is 20.4 Å². The second-order valence-corrected chi connectivity index (χ2v) is 6.80. The maximum Gasteiger partial charge on any atom is 0.319 e. The minimum absolute atomic E-state index is 0. The van der Waals surface area contributed by atoms with Crippen molar-refractivity contribution in [2.75, 3.05) is 32.6 Å². The predicted molar refractivity (Wildman–Crippen MR) is 120 cm³/mol. The van der Waals surface area contributed by atoms with E-state index >= 15 is 0 Å². The van der Waals surface area contributed by atoms with Gasteiger partial charge >= 0.3 is 6.03 Å². The average Bonchev–Trinajstić information content (AvgIpc) is 2.76. The molecular formula is C22H35FN4O3. The van der Waals surface area contributed by atoms with Gasteiger partial charge in [0.25, 0.3) is 0 Å². The molecule has 1 aliphatic rings. The molecule has 0 radical (unpaired) electrons. The van der Waals surface area contributed by atoms with E-state index < -0.39 is 5.82 Å². The zero-order chi connectivity index (χ0) is 22.2. The molecule has 168 valence electrons. The van der Waals surface area contributed by atoms with Crippen molar-refractivity contribution in [1.82, 2.24) is 15.2 Å². The largest absolute Gasteiger partial charge is 0.388 e. The number of anilines is 1. The fourth-order valence-corrected chi connectivity index (χ4v) is 2.57. The zero-order valence-electron chi connectivity index (χ0n) is 17.9. The molecule has 2 aromatic rings. The summed E-state index contributed by atoms with van der Waals surface area (Å²) < 4.78 is 17.1. The lowest BCUT2D eigenvalue weighted by Gasteiger charge is -2.21. The summed E-state index contributed by atoms with van der Waals surface area (Å²) in [6.45, 7) is 4.15. The molecule has 0 bridgehead atoms. The Labute approximate surface area is 180 Å². The topological polar surface area (TPSA) is 83.6 Å². The first kappa shape index (κ1) is 25.0. The van der Waals surface area contributed by atoms with Gasteiger partial charge in [0.2, 0.25) is 6.41 Å². The van der Waals surface area contributed by atoms with Crippen LogP contribution in [0.1, 0.15) is 33.2 Å². The van der Waals surface area contributed by atoms with Crippen LogP contribution in [0.25, 0.3) is 0 Å². The van der Waals surface area contributed by atoms with Crippen LogP contribution in [-0.4, -0.2) is 49.6 Å². The number of ether oxygens (including phenoxy) is 1. The molecule has 2 N–H and O–H groups in total. The van der Waals surface area contributed by atoms with E-state index in [-0.39, 0.29) is 15.4 Å². The Morgan fingerprint density at radius 3 is 2.37 bits per heavy atom. The van der Waals surface area contributed by atoms with Crippen LogP contribution in [0, 0.1) is 12.7 Å². The summed E-state index contributed by atoms with van der Waals surface area (Å²) in [5, 5.41) is 5.32. The van der Waals surface area contributed by atoms with Crippen molar-refractivity contribution in [1.29, 1.82) is 0 Å². The number of carbonyl (C=O) groups is 2. The number of halogens is 1. The van der Waals surface area contributed by atoms with Crippen LogP contribution in [0.2, 0.25) is 0 Å². The van der Waals surface area contributed by atoms with Crippen molar-refractivity contribution in [3.8, 4) is 0 Å². The molecule has 8 heteroatoms. The van der Waals surface area contributed by atoms with E-state index in [0.29, 0.717) is 11.3 Å². The number of benzene rings is 1. The van der Waals surface area contributed by atoms with Gasteiger partial charge in [-0.05, 0) is 49.9 Å². The quantitative estimate of drug-likeness (QED) is 0.722. The first-order valence-corrected chi connectivity index (χ1v) is 9.79. The third kappa shape index (κ3) is 11.1. The number of likely N-dealkylation sites (tertiary alicyclic amines) is 1. The van der Waals surface area contributed by atoms with Gasteiger partial charge in [-0.3, -0.25) is 9.78 Å². The molecular weight excluding hydrogens is 387 g/mol. The number of hydrogen-bond donors (Lipinski definition) is 2. The third-order valence-corrected chi connectivity index (χ3v) is 4.06. The van der Waals surface area contributed by atoms with Gasteiger partial charge in [-0.2, -0.15) is 0 Å². The third-order valence-electron chi connectivity index (χ3n) is 4.06. The monoisotopic (exact) mass is 422 g/mol. The molecule has 1 aliphatic heterocycles. The fourth-order valence-electron chi connectivity index (χ4n) is 2.57. The molecule has 0 aliphatic carbocycles. The molecule has 1 aromatic heterocycles. The fraction of sp³-hybridized carbons (Fsp3) is 0.409. The second kappa shape index (κ2) is 14.9. The van der Waals surface area contributed by atoms with Gasteiger partial charge in [-0.25, -0.2) is 9.18 Å². The van der Waals surface area contributed by atoms with E-state index in [9.17, 15) is 14.0 Å². The van der Waals surface area contributed by atoms with Crippen LogP contribution in [-0.2, 0) is 16.1 Å². The van der Waals surface area contributed by atoms with Gasteiger partial charge in [0.15, 0.2) is 0 Å². The lowest BCUT2D eigenvalue weighted by atomic mass is 10.1. The van der Waals surface area contributed by atoms with Crippen LogP contribution in [0.5, 0.6) is 0 Å². The summed E-state index contributed by atoms with van der Waals surface area (Å²) in [7, 11) is 3.25. The van der Waals surface area contributed by atoms with Gasteiger partial charge < -0.3 is 20.3 Å². The number of nitrogens with zero attached hydrogens (tertiary/aromatic N) is 2. The van der Waals surface area contributed by atoms with Crippen molar-refractivity contribution >= 4 is 18.1 Å². The first-order valence-electron chi connectivity index (χ1n) is 9.79. The highest BCUT2D eigenvalue weighted by Gasteiger charge is 2.05. The number of hydrogen-bond acceptors (Lipinski definition) is 4. The molecule has 2 heterocycles. The Morgan fingerprint density at radius 2 is 1.83 bits per heavy atom. The van der Waals surface area contributed by atoms with E-state index in [1.807, 2.05) is 36.1 Å². The molecule has 0 atom stereocenters. The number of aromatic nitrogens is 1. The number of methoxy groups -OCH3 is 1. The van der Waals surface area contributed by atoms with Crippen LogP contribution in [0.15, 0.2) is 42.7 Å². The van der Waals surface area contributed by atoms with Crippen LogP contribution in [0.3, 0.4) is 0 Å². The van der Waals surface area contributed by atoms with Crippen molar-refractivity contribution in [3.05, 3.63) is 59.7 Å². The van der Waals surface area contributed by atoms with E-state index in [0.717, 1.165) is 31.3 Å². The molecule has 1 aromatic carbocycles. The van der Waals surface area contributed by atoms with Gasteiger partial charge in [0.1, 0.15) is 5.82 Å². The Morgan fingerprint density at radius 1 is 1.20 bits per heavy atom. The maximum absolute atomic E-state index is 12.9. The minimum Gasteiger partial charge on any atom is -0.388 e. The zero-order valence-corrected chi connectivity index (χ0v) is 17.9. The Bertz CT molecular complexity index is 761. The molecule has 0 saturated carbocycles. The number of nitrogens with one attached hydrogen (secondary N) is 2. The van der Waals surface area contributed by atoms with Gasteiger partial charge in [-0.1, -0.05) is 17.7 Å².